The van der Waals surface area contributed by atoms with Gasteiger partial charge in [-0.2, -0.15) is 31.6 Å². The molecule has 1 amide bonds. The van der Waals surface area contributed by atoms with Crippen molar-refractivity contribution in [2.75, 3.05) is 29.9 Å². The molecule has 1 saturated carbocycles. The van der Waals surface area contributed by atoms with Crippen molar-refractivity contribution in [2.45, 2.75) is 57.2 Å². The first-order valence-electron chi connectivity index (χ1n) is 16.3. The Morgan fingerprint density at radius 3 is 2.45 bits per heavy atom. The Labute approximate surface area is 288 Å². The number of rotatable bonds is 9. The normalized spacial score (nSPS) is 17.5. The summed E-state index contributed by atoms with van der Waals surface area (Å²) >= 11 is 0. The summed E-state index contributed by atoms with van der Waals surface area (Å²) in [6, 6.07) is 10.2. The first-order valence-corrected chi connectivity index (χ1v) is 16.3. The number of aromatic nitrogens is 4. The van der Waals surface area contributed by atoms with Crippen LogP contribution >= 0.6 is 0 Å². The van der Waals surface area contributed by atoms with Gasteiger partial charge in [0.2, 0.25) is 0 Å². The predicted molar refractivity (Wildman–Crippen MR) is 173 cm³/mol. The molecule has 2 aromatic carbocycles. The summed E-state index contributed by atoms with van der Waals surface area (Å²) in [5.74, 6) is -0.634. The Morgan fingerprint density at radius 1 is 1.02 bits per heavy atom. The number of amides is 1. The van der Waals surface area contributed by atoms with Crippen LogP contribution in [0.2, 0.25) is 0 Å². The lowest BCUT2D eigenvalue weighted by Crippen LogP contribution is -2.25. The highest BCUT2D eigenvalue weighted by atomic mass is 19.4. The summed E-state index contributed by atoms with van der Waals surface area (Å²) in [4.78, 5) is 21.6. The first-order chi connectivity index (χ1) is 24.1. The van der Waals surface area contributed by atoms with Crippen molar-refractivity contribution in [3.05, 3.63) is 76.6 Å². The number of hydrogen-bond donors (Lipinski definition) is 2. The molecule has 3 aliphatic rings. The van der Waals surface area contributed by atoms with Crippen molar-refractivity contribution < 1.29 is 36.2 Å². The lowest BCUT2D eigenvalue weighted by molar-refractivity contribution is -0.138. The highest BCUT2D eigenvalue weighted by Gasteiger charge is 2.48. The van der Waals surface area contributed by atoms with E-state index in [1.807, 2.05) is 6.07 Å². The largest absolute Gasteiger partial charge is 0.416 e. The second-order valence-electron chi connectivity index (χ2n) is 13.5. The van der Waals surface area contributed by atoms with E-state index in [0.29, 0.717) is 5.56 Å². The van der Waals surface area contributed by atoms with Crippen molar-refractivity contribution in [1.29, 1.82) is 5.26 Å². The average Bonchev–Trinajstić information content (AvgIpc) is 3.32. The van der Waals surface area contributed by atoms with Crippen LogP contribution in [0, 0.1) is 16.7 Å². The second kappa shape index (κ2) is 12.6. The number of nitrogens with zero attached hydrogens (tertiary/aromatic N) is 7. The van der Waals surface area contributed by atoms with E-state index >= 15 is 0 Å². The van der Waals surface area contributed by atoms with Crippen LogP contribution in [0.1, 0.15) is 58.3 Å². The Bertz CT molecular complexity index is 2050. The van der Waals surface area contributed by atoms with Crippen LogP contribution in [0.4, 0.5) is 38.0 Å². The number of aliphatic hydroxyl groups is 1. The molecule has 16 heteroatoms. The lowest BCUT2D eigenvalue weighted by atomic mass is 9.96. The van der Waals surface area contributed by atoms with Gasteiger partial charge >= 0.3 is 12.4 Å². The number of halogens is 6. The number of nitrogens with one attached hydrogen (secondary N) is 1. The van der Waals surface area contributed by atoms with E-state index in [4.69, 9.17) is 5.26 Å². The molecule has 1 aliphatic carbocycles. The Hall–Kier alpha value is -5.01. The summed E-state index contributed by atoms with van der Waals surface area (Å²) < 4.78 is 87.1. The van der Waals surface area contributed by atoms with Gasteiger partial charge in [0.05, 0.1) is 36.3 Å². The fraction of sp³-hybridized carbons (Fsp3) is 0.400. The zero-order valence-corrected chi connectivity index (χ0v) is 27.3. The smallest absolute Gasteiger partial charge is 0.390 e. The number of hydrogen-bond acceptors (Lipinski definition) is 8. The third-order valence-corrected chi connectivity index (χ3v) is 9.83. The molecule has 1 saturated heterocycles. The van der Waals surface area contributed by atoms with Gasteiger partial charge in [0.1, 0.15) is 18.0 Å². The minimum atomic E-state index is -4.76. The summed E-state index contributed by atoms with van der Waals surface area (Å²) in [5, 5.41) is 29.9. The fourth-order valence-corrected chi connectivity index (χ4v) is 6.99. The van der Waals surface area contributed by atoms with E-state index < -0.39 is 42.0 Å². The SMILES string of the molecule is Cn1cnnc1-c1ccc(C(F)(F)F)cc1-c1cc(NC[C@@H](O)CC#N)nc(N2Cc3c(cc(CN4CCC5(CC5)C4)cc3C(F)(F)F)C2=O)c1. The zero-order chi connectivity index (χ0) is 36.3. The quantitative estimate of drug-likeness (QED) is 0.191. The van der Waals surface area contributed by atoms with Crippen molar-refractivity contribution in [1.82, 2.24) is 24.6 Å². The molecule has 0 unspecified atom stereocenters. The van der Waals surface area contributed by atoms with Gasteiger partial charge in [0, 0.05) is 37.8 Å². The number of anilines is 2. The van der Waals surface area contributed by atoms with E-state index in [1.54, 1.807) is 7.05 Å². The fourth-order valence-electron chi connectivity index (χ4n) is 6.99. The standard InChI is InChI=1S/C35H32F6N8O2/c1-47-19-44-46-31(47)24-3-2-22(34(36,37)38)14-25(24)21-12-29(43-15-23(50)4-8-42)45-30(13-21)49-17-27-26(32(49)51)10-20(11-28(27)35(39,40)41)16-48-9-7-33(18-48)5-6-33/h2-3,10-14,19,23,50H,4-7,9,15-18H2,1H3,(H,43,45)/t23-/m0/s1. The number of benzene rings is 2. The van der Waals surface area contributed by atoms with Gasteiger partial charge < -0.3 is 15.0 Å². The lowest BCUT2D eigenvalue weighted by Gasteiger charge is -2.20. The average molecular weight is 711 g/mol. The van der Waals surface area contributed by atoms with Crippen molar-refractivity contribution in [2.24, 2.45) is 12.5 Å². The van der Waals surface area contributed by atoms with Gasteiger partial charge in [-0.05, 0) is 95.9 Å². The molecule has 2 aromatic heterocycles. The Morgan fingerprint density at radius 2 is 1.80 bits per heavy atom. The number of aryl methyl sites for hydroxylation is 1. The molecule has 2 fully saturated rings. The van der Waals surface area contributed by atoms with Crippen LogP contribution < -0.4 is 10.2 Å². The Kier molecular flexibility index (Phi) is 8.54. The predicted octanol–water partition coefficient (Wildman–Crippen LogP) is 6.41. The molecule has 0 radical (unpaired) electrons. The van der Waals surface area contributed by atoms with Gasteiger partial charge in [-0.1, -0.05) is 0 Å². The second-order valence-corrected chi connectivity index (χ2v) is 13.5. The van der Waals surface area contributed by atoms with Gasteiger partial charge in [0.25, 0.3) is 5.91 Å². The first kappa shape index (κ1) is 34.4. The minimum absolute atomic E-state index is 0.00402. The van der Waals surface area contributed by atoms with Crippen LogP contribution in [-0.4, -0.2) is 61.4 Å². The van der Waals surface area contributed by atoms with Crippen molar-refractivity contribution in [3.8, 4) is 28.6 Å². The Balaban J connectivity index is 1.32. The van der Waals surface area contributed by atoms with Crippen LogP contribution in [-0.2, 0) is 32.5 Å². The number of fused-ring (bicyclic) bond motifs is 1. The summed E-state index contributed by atoms with van der Waals surface area (Å²) in [6.45, 7) is 1.16. The molecule has 1 spiro atoms. The number of nitriles is 1. The molecule has 10 nitrogen and oxygen atoms in total. The summed E-state index contributed by atoms with van der Waals surface area (Å²) in [7, 11) is 1.61. The minimum Gasteiger partial charge on any atom is -0.390 e. The van der Waals surface area contributed by atoms with Crippen molar-refractivity contribution in [3.63, 3.8) is 0 Å². The molecule has 2 N–H and O–H groups in total. The number of likely N-dealkylation sites (tertiary alicyclic amines) is 1. The third kappa shape index (κ3) is 6.87. The van der Waals surface area contributed by atoms with Crippen LogP contribution in [0.3, 0.4) is 0 Å². The summed E-state index contributed by atoms with van der Waals surface area (Å²) in [6.07, 6.45) is -6.27. The zero-order valence-electron chi connectivity index (χ0n) is 27.3. The van der Waals surface area contributed by atoms with E-state index in [9.17, 15) is 36.2 Å². The third-order valence-electron chi connectivity index (χ3n) is 9.83. The molecular weight excluding hydrogens is 678 g/mol. The maximum atomic E-state index is 14.5. The van der Waals surface area contributed by atoms with Gasteiger partial charge in [0.15, 0.2) is 5.82 Å². The van der Waals surface area contributed by atoms with Crippen LogP contribution in [0.5, 0.6) is 0 Å². The van der Waals surface area contributed by atoms with E-state index in [-0.39, 0.29) is 70.2 Å². The highest BCUT2D eigenvalue weighted by Crippen LogP contribution is 2.53. The molecule has 4 heterocycles. The molecule has 4 aromatic rings. The maximum Gasteiger partial charge on any atom is 0.416 e. The van der Waals surface area contributed by atoms with Crippen molar-refractivity contribution >= 4 is 17.5 Å². The number of alkyl halides is 6. The molecule has 1 atom stereocenters. The van der Waals surface area contributed by atoms with Crippen LogP contribution in [0.15, 0.2) is 48.8 Å². The van der Waals surface area contributed by atoms with Gasteiger partial charge in [-0.3, -0.25) is 14.6 Å². The molecular formula is C35H32F6N8O2. The monoisotopic (exact) mass is 710 g/mol. The molecule has 0 bridgehead atoms. The van der Waals surface area contributed by atoms with E-state index in [1.165, 1.54) is 35.2 Å². The maximum absolute atomic E-state index is 14.5. The number of carbonyl (C=O) groups excluding carboxylic acids is 1. The van der Waals surface area contributed by atoms with Gasteiger partial charge in [-0.25, -0.2) is 4.98 Å². The van der Waals surface area contributed by atoms with E-state index in [0.717, 1.165) is 55.5 Å². The molecule has 266 valence electrons. The molecule has 7 rings (SSSR count). The highest BCUT2D eigenvalue weighted by molar-refractivity contribution is 6.10. The van der Waals surface area contributed by atoms with E-state index in [2.05, 4.69) is 25.4 Å². The number of pyridine rings is 1. The number of aliphatic hydroxyl groups excluding tert-OH is 1. The molecule has 51 heavy (non-hydrogen) atoms. The number of carbonyl (C=O) groups is 1. The van der Waals surface area contributed by atoms with Crippen LogP contribution in [0.25, 0.3) is 22.5 Å². The molecule has 2 aliphatic heterocycles. The topological polar surface area (TPSA) is 123 Å². The van der Waals surface area contributed by atoms with Gasteiger partial charge in [-0.15, -0.1) is 10.2 Å². The summed E-state index contributed by atoms with van der Waals surface area (Å²) in [5.41, 5.74) is -1.20.